The number of carbonyl (C=O) groups is 1. The zero-order valence-corrected chi connectivity index (χ0v) is 21.1. The Morgan fingerprint density at radius 2 is 1.84 bits per heavy atom. The van der Waals surface area contributed by atoms with Gasteiger partial charge in [0.15, 0.2) is 6.04 Å². The molecule has 3 N–H and O–H groups in total. The summed E-state index contributed by atoms with van der Waals surface area (Å²) in [5.74, 6) is -0.968. The van der Waals surface area contributed by atoms with Gasteiger partial charge in [-0.3, -0.25) is 14.8 Å². The molecule has 9 nitrogen and oxygen atoms in total. The van der Waals surface area contributed by atoms with Crippen LogP contribution in [-0.2, 0) is 23.8 Å². The lowest BCUT2D eigenvalue weighted by atomic mass is 9.84. The SMILES string of the molecule is CN1CCN(CCN2Nc3ccc4nc(-c5cn[nH]c5C(F)(F)F)c5c(c4c3C2C(=O)O)CCCC5)CC1. The summed E-state index contributed by atoms with van der Waals surface area (Å²) in [6.07, 6.45) is -0.460. The van der Waals surface area contributed by atoms with Crippen molar-refractivity contribution in [3.63, 3.8) is 0 Å². The van der Waals surface area contributed by atoms with Crippen molar-refractivity contribution in [3.05, 3.63) is 40.7 Å². The number of fused-ring (bicyclic) bond motifs is 5. The molecule has 0 radical (unpaired) electrons. The number of nitrogens with zero attached hydrogens (tertiary/aromatic N) is 5. The quantitative estimate of drug-likeness (QED) is 0.462. The molecule has 2 aliphatic heterocycles. The highest BCUT2D eigenvalue weighted by Gasteiger charge is 2.40. The highest BCUT2D eigenvalue weighted by Crippen LogP contribution is 2.46. The van der Waals surface area contributed by atoms with Crippen LogP contribution in [0.4, 0.5) is 18.9 Å². The number of likely N-dealkylation sites (N-methyl/N-ethyl adjacent to an activating group) is 1. The lowest BCUT2D eigenvalue weighted by molar-refractivity contribution is -0.143. The van der Waals surface area contributed by atoms with E-state index in [9.17, 15) is 23.1 Å². The number of carboxylic acids is 1. The number of aromatic amines is 1. The van der Waals surface area contributed by atoms with E-state index in [1.807, 2.05) is 0 Å². The van der Waals surface area contributed by atoms with Crippen LogP contribution in [0.25, 0.3) is 22.2 Å². The molecule has 38 heavy (non-hydrogen) atoms. The van der Waals surface area contributed by atoms with E-state index in [0.717, 1.165) is 62.1 Å². The van der Waals surface area contributed by atoms with E-state index in [1.165, 1.54) is 6.20 Å². The van der Waals surface area contributed by atoms with Crippen LogP contribution in [0.3, 0.4) is 0 Å². The number of nitrogens with one attached hydrogen (secondary N) is 2. The summed E-state index contributed by atoms with van der Waals surface area (Å²) < 4.78 is 41.2. The van der Waals surface area contributed by atoms with Gasteiger partial charge in [-0.05, 0) is 56.0 Å². The molecule has 1 aromatic carbocycles. The number of alkyl halides is 3. The predicted molar refractivity (Wildman–Crippen MR) is 136 cm³/mol. The Kier molecular flexibility index (Phi) is 6.28. The van der Waals surface area contributed by atoms with Gasteiger partial charge in [0.05, 0.1) is 28.7 Å². The molecule has 3 aliphatic rings. The molecule has 6 rings (SSSR count). The normalized spacial score (nSPS) is 20.9. The summed E-state index contributed by atoms with van der Waals surface area (Å²) in [6.45, 7) is 5.09. The van der Waals surface area contributed by atoms with Crippen LogP contribution in [0.5, 0.6) is 0 Å². The summed E-state index contributed by atoms with van der Waals surface area (Å²) >= 11 is 0. The van der Waals surface area contributed by atoms with Gasteiger partial charge in [0.1, 0.15) is 5.69 Å². The predicted octanol–water partition coefficient (Wildman–Crippen LogP) is 3.54. The largest absolute Gasteiger partial charge is 0.480 e. The van der Waals surface area contributed by atoms with E-state index < -0.39 is 23.9 Å². The number of aliphatic carboxylic acids is 1. The number of aryl methyl sites for hydroxylation is 1. The van der Waals surface area contributed by atoms with Gasteiger partial charge in [0.25, 0.3) is 0 Å². The van der Waals surface area contributed by atoms with Gasteiger partial charge in [-0.15, -0.1) is 0 Å². The van der Waals surface area contributed by atoms with E-state index in [2.05, 4.69) is 32.5 Å². The molecular formula is C26H30F3N7O2. The van der Waals surface area contributed by atoms with Crippen LogP contribution < -0.4 is 5.43 Å². The molecule has 0 saturated carbocycles. The van der Waals surface area contributed by atoms with Crippen molar-refractivity contribution in [2.45, 2.75) is 37.9 Å². The Bertz CT molecular complexity index is 1380. The molecule has 0 spiro atoms. The van der Waals surface area contributed by atoms with Crippen LogP contribution >= 0.6 is 0 Å². The van der Waals surface area contributed by atoms with Crippen molar-refractivity contribution >= 4 is 22.6 Å². The number of pyridine rings is 1. The average Bonchev–Trinajstić information content (AvgIpc) is 3.53. The van der Waals surface area contributed by atoms with Crippen molar-refractivity contribution in [1.29, 1.82) is 0 Å². The number of halogens is 3. The maximum atomic E-state index is 13.7. The van der Waals surface area contributed by atoms with E-state index >= 15 is 0 Å². The molecular weight excluding hydrogens is 499 g/mol. The number of hydrazine groups is 1. The minimum atomic E-state index is -4.59. The first-order valence-corrected chi connectivity index (χ1v) is 13.0. The fourth-order valence-electron chi connectivity index (χ4n) is 6.07. The number of benzene rings is 1. The molecule has 1 atom stereocenters. The van der Waals surface area contributed by atoms with E-state index in [1.54, 1.807) is 17.1 Å². The molecule has 4 heterocycles. The third kappa shape index (κ3) is 4.30. The Hall–Kier alpha value is -3.22. The maximum absolute atomic E-state index is 13.7. The van der Waals surface area contributed by atoms with Crippen molar-refractivity contribution in [2.24, 2.45) is 0 Å². The molecule has 12 heteroatoms. The Morgan fingerprint density at radius 3 is 2.55 bits per heavy atom. The molecule has 202 valence electrons. The van der Waals surface area contributed by atoms with Gasteiger partial charge in [0, 0.05) is 50.2 Å². The van der Waals surface area contributed by atoms with Gasteiger partial charge in [-0.25, -0.2) is 9.99 Å². The number of carboxylic acid groups (broad SMARTS) is 1. The third-order valence-corrected chi connectivity index (χ3v) is 8.03. The third-order valence-electron chi connectivity index (χ3n) is 8.03. The van der Waals surface area contributed by atoms with Crippen LogP contribution in [-0.4, -0.2) is 87.4 Å². The monoisotopic (exact) mass is 529 g/mol. The Morgan fingerprint density at radius 1 is 1.11 bits per heavy atom. The number of piperazine rings is 1. The molecule has 2 aromatic heterocycles. The van der Waals surface area contributed by atoms with E-state index in [-0.39, 0.29) is 11.3 Å². The fraction of sp³-hybridized carbons (Fsp3) is 0.500. The fourth-order valence-corrected chi connectivity index (χ4v) is 6.07. The zero-order valence-electron chi connectivity index (χ0n) is 21.1. The molecule has 3 aromatic rings. The second kappa shape index (κ2) is 9.51. The first-order valence-electron chi connectivity index (χ1n) is 13.0. The van der Waals surface area contributed by atoms with E-state index in [4.69, 9.17) is 4.98 Å². The molecule has 1 fully saturated rings. The average molecular weight is 530 g/mol. The molecule has 1 saturated heterocycles. The second-order valence-corrected chi connectivity index (χ2v) is 10.4. The molecule has 0 bridgehead atoms. The summed E-state index contributed by atoms with van der Waals surface area (Å²) in [7, 11) is 2.10. The number of H-pyrrole nitrogens is 1. The first kappa shape index (κ1) is 25.1. The van der Waals surface area contributed by atoms with Gasteiger partial charge < -0.3 is 15.4 Å². The van der Waals surface area contributed by atoms with Crippen molar-refractivity contribution in [1.82, 2.24) is 30.0 Å². The first-order chi connectivity index (χ1) is 18.2. The highest BCUT2D eigenvalue weighted by atomic mass is 19.4. The number of hydrogen-bond donors (Lipinski definition) is 3. The smallest absolute Gasteiger partial charge is 0.433 e. The van der Waals surface area contributed by atoms with Crippen molar-refractivity contribution < 1.29 is 23.1 Å². The lowest BCUT2D eigenvalue weighted by Gasteiger charge is -2.33. The van der Waals surface area contributed by atoms with Crippen molar-refractivity contribution in [3.8, 4) is 11.3 Å². The maximum Gasteiger partial charge on any atom is 0.433 e. The second-order valence-electron chi connectivity index (χ2n) is 10.4. The number of aromatic nitrogens is 3. The lowest BCUT2D eigenvalue weighted by Crippen LogP contribution is -2.47. The van der Waals surface area contributed by atoms with Crippen LogP contribution in [0.2, 0.25) is 0 Å². The molecule has 1 unspecified atom stereocenters. The highest BCUT2D eigenvalue weighted by molar-refractivity contribution is 5.98. The molecule has 1 aliphatic carbocycles. The standard InChI is InChI=1S/C26H30F3N7O2/c1-34-8-10-35(11-9-34)12-13-36-23(25(37)38)21-19(33-36)7-6-18-20(21)15-4-2-3-5-16(15)22(31-18)17-14-30-32-24(17)26(27,28)29/h6-7,14,23,33H,2-5,8-13H2,1H3,(H,30,32)(H,37,38). The van der Waals surface area contributed by atoms with Crippen LogP contribution in [0.1, 0.15) is 41.3 Å². The minimum Gasteiger partial charge on any atom is -0.480 e. The van der Waals surface area contributed by atoms with E-state index in [0.29, 0.717) is 36.2 Å². The summed E-state index contributed by atoms with van der Waals surface area (Å²) in [5.41, 5.74) is 6.11. The Labute approximate surface area is 217 Å². The zero-order chi connectivity index (χ0) is 26.6. The number of anilines is 1. The number of hydrogen-bond acceptors (Lipinski definition) is 7. The summed E-state index contributed by atoms with van der Waals surface area (Å²) in [5, 5.41) is 18.6. The summed E-state index contributed by atoms with van der Waals surface area (Å²) in [6, 6.07) is 2.64. The van der Waals surface area contributed by atoms with Crippen LogP contribution in [0, 0.1) is 0 Å². The van der Waals surface area contributed by atoms with Gasteiger partial charge >= 0.3 is 12.1 Å². The van der Waals surface area contributed by atoms with Gasteiger partial charge in [-0.2, -0.15) is 18.3 Å². The van der Waals surface area contributed by atoms with Gasteiger partial charge in [0.2, 0.25) is 0 Å². The number of rotatable bonds is 5. The van der Waals surface area contributed by atoms with Crippen molar-refractivity contribution in [2.75, 3.05) is 51.7 Å². The Balaban J connectivity index is 1.42. The summed E-state index contributed by atoms with van der Waals surface area (Å²) in [4.78, 5) is 22.0. The topological polar surface area (TPSA) is 101 Å². The van der Waals surface area contributed by atoms with Crippen LogP contribution in [0.15, 0.2) is 18.3 Å². The molecule has 0 amide bonds. The van der Waals surface area contributed by atoms with Gasteiger partial charge in [-0.1, -0.05) is 0 Å². The minimum absolute atomic E-state index is 0.0697.